The number of ether oxygens (including phenoxy) is 3. The molecule has 236 valence electrons. The number of carboxylic acid groups (broad SMARTS) is 1. The van der Waals surface area contributed by atoms with Gasteiger partial charge in [-0.3, -0.25) is 9.80 Å². The summed E-state index contributed by atoms with van der Waals surface area (Å²) in [6, 6.07) is 17.9. The van der Waals surface area contributed by atoms with Crippen molar-refractivity contribution in [2.75, 3.05) is 6.61 Å². The molecule has 44 heavy (non-hydrogen) atoms. The van der Waals surface area contributed by atoms with Crippen molar-refractivity contribution in [3.8, 4) is 0 Å². The van der Waals surface area contributed by atoms with Crippen molar-refractivity contribution in [1.29, 1.82) is 0 Å². The first-order valence-corrected chi connectivity index (χ1v) is 15.7. The van der Waals surface area contributed by atoms with Gasteiger partial charge in [0.25, 0.3) is 0 Å². The molecule has 2 saturated carbocycles. The van der Waals surface area contributed by atoms with Gasteiger partial charge in [-0.15, -0.1) is 0 Å². The lowest BCUT2D eigenvalue weighted by Crippen LogP contribution is -2.60. The highest BCUT2D eigenvalue weighted by atomic mass is 16.6. The maximum absolute atomic E-state index is 12.6. The zero-order valence-corrected chi connectivity index (χ0v) is 25.2. The molecule has 0 spiro atoms. The fraction of sp³-hybridized carbons (Fsp3) is 0.529. The van der Waals surface area contributed by atoms with E-state index in [1.807, 2.05) is 60.7 Å². The first-order valence-electron chi connectivity index (χ1n) is 15.7. The predicted molar refractivity (Wildman–Crippen MR) is 160 cm³/mol. The molecule has 2 atom stereocenters. The summed E-state index contributed by atoms with van der Waals surface area (Å²) in [4.78, 5) is 51.8. The van der Waals surface area contributed by atoms with Crippen LogP contribution in [0.5, 0.6) is 0 Å². The molecule has 2 amide bonds. The molecule has 4 saturated heterocycles. The van der Waals surface area contributed by atoms with Crippen molar-refractivity contribution < 1.29 is 38.5 Å². The lowest BCUT2D eigenvalue weighted by Gasteiger charge is -2.49. The van der Waals surface area contributed by atoms with E-state index in [1.54, 1.807) is 11.8 Å². The third-order valence-corrected chi connectivity index (χ3v) is 9.37. The number of hydrogen-bond acceptors (Lipinski definition) is 7. The smallest absolute Gasteiger partial charge is 0.411 e. The van der Waals surface area contributed by atoms with Gasteiger partial charge in [-0.05, 0) is 81.3 Å². The average molecular weight is 607 g/mol. The highest BCUT2D eigenvalue weighted by Gasteiger charge is 2.50. The normalized spacial score (nSPS) is 26.7. The SMILES string of the molecule is CCOC(=O)C1C2CCC(CC2)N1C(=O)OCc1ccccc1.O=C(O)C1C2CCC(CC2)N1C(=O)OCc1ccccc1. The van der Waals surface area contributed by atoms with Crippen molar-refractivity contribution in [2.45, 2.75) is 95.7 Å². The van der Waals surface area contributed by atoms with Crippen LogP contribution in [-0.4, -0.2) is 69.8 Å². The van der Waals surface area contributed by atoms with E-state index >= 15 is 0 Å². The molecule has 0 aromatic heterocycles. The summed E-state index contributed by atoms with van der Waals surface area (Å²) >= 11 is 0. The topological polar surface area (TPSA) is 123 Å². The van der Waals surface area contributed by atoms with Crippen molar-refractivity contribution in [3.63, 3.8) is 0 Å². The summed E-state index contributed by atoms with van der Waals surface area (Å²) in [5.41, 5.74) is 1.84. The van der Waals surface area contributed by atoms with E-state index in [1.165, 1.54) is 4.90 Å². The van der Waals surface area contributed by atoms with Crippen LogP contribution in [0.25, 0.3) is 0 Å². The van der Waals surface area contributed by atoms with Crippen molar-refractivity contribution in [3.05, 3.63) is 71.8 Å². The minimum atomic E-state index is -0.916. The maximum atomic E-state index is 12.6. The third-order valence-electron chi connectivity index (χ3n) is 9.37. The number of aliphatic carboxylic acids is 1. The molecule has 2 aromatic rings. The zero-order chi connectivity index (χ0) is 31.1. The number of carbonyl (C=O) groups excluding carboxylic acids is 3. The summed E-state index contributed by atoms with van der Waals surface area (Å²) in [6.45, 7) is 2.53. The Bertz CT molecular complexity index is 1270. The first kappa shape index (κ1) is 31.3. The molecular weight excluding hydrogens is 564 g/mol. The van der Waals surface area contributed by atoms with Gasteiger partial charge in [0.1, 0.15) is 25.3 Å². The highest BCUT2D eigenvalue weighted by Crippen LogP contribution is 2.41. The third kappa shape index (κ3) is 7.17. The predicted octanol–water partition coefficient (Wildman–Crippen LogP) is 5.78. The van der Waals surface area contributed by atoms with Crippen LogP contribution in [-0.2, 0) is 37.0 Å². The van der Waals surface area contributed by atoms with Crippen molar-refractivity contribution in [1.82, 2.24) is 9.80 Å². The molecule has 2 aromatic carbocycles. The van der Waals surface area contributed by atoms with Gasteiger partial charge in [0.05, 0.1) is 6.61 Å². The molecule has 10 heteroatoms. The van der Waals surface area contributed by atoms with Gasteiger partial charge in [-0.2, -0.15) is 0 Å². The molecule has 4 aliphatic heterocycles. The summed E-state index contributed by atoms with van der Waals surface area (Å²) in [5, 5.41) is 9.42. The summed E-state index contributed by atoms with van der Waals surface area (Å²) < 4.78 is 16.0. The van der Waals surface area contributed by atoms with Crippen LogP contribution in [0.3, 0.4) is 0 Å². The number of piperidine rings is 4. The molecule has 2 aliphatic carbocycles. The van der Waals surface area contributed by atoms with Crippen molar-refractivity contribution >= 4 is 24.1 Å². The Labute approximate surface area is 258 Å². The quantitative estimate of drug-likeness (QED) is 0.311. The zero-order valence-electron chi connectivity index (χ0n) is 25.2. The summed E-state index contributed by atoms with van der Waals surface area (Å²) in [7, 11) is 0. The summed E-state index contributed by atoms with van der Waals surface area (Å²) in [5.74, 6) is -0.945. The largest absolute Gasteiger partial charge is 0.480 e. The minimum absolute atomic E-state index is 0.0133. The molecule has 1 N–H and O–H groups in total. The monoisotopic (exact) mass is 606 g/mol. The van der Waals surface area contributed by atoms with Crippen molar-refractivity contribution in [2.24, 2.45) is 11.8 Å². The number of carbonyl (C=O) groups is 4. The van der Waals surface area contributed by atoms with E-state index in [4.69, 9.17) is 14.2 Å². The number of hydrogen-bond donors (Lipinski definition) is 1. The Kier molecular flexibility index (Phi) is 10.4. The Hall–Kier alpha value is -4.08. The molecule has 6 fully saturated rings. The number of carboxylic acids is 1. The van der Waals surface area contributed by atoms with Crippen LogP contribution in [0.1, 0.15) is 69.4 Å². The number of esters is 1. The number of amides is 2. The molecule has 2 unspecified atom stereocenters. The molecule has 0 radical (unpaired) electrons. The van der Waals surface area contributed by atoms with E-state index in [0.29, 0.717) is 6.61 Å². The van der Waals surface area contributed by atoms with Gasteiger partial charge in [-0.25, -0.2) is 19.2 Å². The van der Waals surface area contributed by atoms with E-state index in [9.17, 15) is 24.3 Å². The Morgan fingerprint density at radius 2 is 1.05 bits per heavy atom. The number of fused-ring (bicyclic) bond motifs is 6. The number of rotatable bonds is 7. The van der Waals surface area contributed by atoms with E-state index in [-0.39, 0.29) is 43.1 Å². The lowest BCUT2D eigenvalue weighted by molar-refractivity contribution is -0.157. The second-order valence-corrected chi connectivity index (χ2v) is 12.0. The Morgan fingerprint density at radius 3 is 1.45 bits per heavy atom. The average Bonchev–Trinajstić information content (AvgIpc) is 3.07. The summed E-state index contributed by atoms with van der Waals surface area (Å²) in [6.07, 6.45) is 6.51. The van der Waals surface area contributed by atoms with Crippen LogP contribution >= 0.6 is 0 Å². The Balaban J connectivity index is 0.000000175. The highest BCUT2D eigenvalue weighted by molar-refractivity contribution is 5.83. The standard InChI is InChI=1S/C18H23NO4.C16H19NO4/c1-2-22-17(20)16-14-8-10-15(11-9-14)19(16)18(21)23-12-13-6-4-3-5-7-13;18-15(19)14-12-6-8-13(9-7-12)17(14)16(20)21-10-11-4-2-1-3-5-11/h3-7,14-16H,2,8-12H2,1H3;1-5,12-14H,6-10H2,(H,18,19). The molecule has 4 bridgehead atoms. The van der Waals surface area contributed by atoms with Gasteiger partial charge in [0, 0.05) is 12.1 Å². The van der Waals surface area contributed by atoms with E-state index in [0.717, 1.165) is 62.5 Å². The minimum Gasteiger partial charge on any atom is -0.480 e. The van der Waals surface area contributed by atoms with Gasteiger partial charge < -0.3 is 19.3 Å². The lowest BCUT2D eigenvalue weighted by atomic mass is 9.75. The Morgan fingerprint density at radius 1 is 0.636 bits per heavy atom. The van der Waals surface area contributed by atoms with E-state index < -0.39 is 30.2 Å². The van der Waals surface area contributed by atoms with Crippen LogP contribution in [0.4, 0.5) is 9.59 Å². The second-order valence-electron chi connectivity index (χ2n) is 12.0. The number of nitrogens with zero attached hydrogens (tertiary/aromatic N) is 2. The van der Waals surface area contributed by atoms with Crippen LogP contribution in [0, 0.1) is 11.8 Å². The molecule has 6 aliphatic rings. The van der Waals surface area contributed by atoms with Crippen LogP contribution in [0.2, 0.25) is 0 Å². The fourth-order valence-corrected chi connectivity index (χ4v) is 7.27. The van der Waals surface area contributed by atoms with E-state index in [2.05, 4.69) is 0 Å². The van der Waals surface area contributed by atoms with Crippen LogP contribution in [0.15, 0.2) is 60.7 Å². The van der Waals surface area contributed by atoms with Gasteiger partial charge in [0.2, 0.25) is 0 Å². The second kappa shape index (κ2) is 14.6. The fourth-order valence-electron chi connectivity index (χ4n) is 7.27. The molecule has 10 nitrogen and oxygen atoms in total. The maximum Gasteiger partial charge on any atom is 0.411 e. The molecule has 4 heterocycles. The molecule has 8 rings (SSSR count). The van der Waals surface area contributed by atoms with Crippen LogP contribution < -0.4 is 0 Å². The molecular formula is C34H42N2O8. The van der Waals surface area contributed by atoms with Gasteiger partial charge >= 0.3 is 24.1 Å². The van der Waals surface area contributed by atoms with Gasteiger partial charge in [-0.1, -0.05) is 60.7 Å². The first-order chi connectivity index (χ1) is 21.4. The number of benzene rings is 2. The van der Waals surface area contributed by atoms with Gasteiger partial charge in [0.15, 0.2) is 0 Å².